The first-order valence-electron chi connectivity index (χ1n) is 9.74. The Morgan fingerprint density at radius 2 is 1.12 bits per heavy atom. The van der Waals surface area contributed by atoms with E-state index in [9.17, 15) is 0 Å². The Balaban J connectivity index is 1.69. The van der Waals surface area contributed by atoms with E-state index in [0.29, 0.717) is 0 Å². The first-order chi connectivity index (χ1) is 12.8. The number of fused-ring (bicyclic) bond motifs is 1. The molecule has 2 heteroatoms. The van der Waals surface area contributed by atoms with Crippen LogP contribution in [0.3, 0.4) is 0 Å². The van der Waals surface area contributed by atoms with Gasteiger partial charge in [-0.1, -0.05) is 54.6 Å². The Morgan fingerprint density at radius 1 is 0.615 bits per heavy atom. The molecular weight excluding hydrogens is 350 g/mol. The van der Waals surface area contributed by atoms with Crippen LogP contribution in [0, 0.1) is 0 Å². The maximum atomic E-state index is 2.45. The average molecular weight is 376 g/mol. The van der Waals surface area contributed by atoms with Gasteiger partial charge in [-0.05, 0) is 49.2 Å². The normalized spacial score (nSPS) is 26.5. The van der Waals surface area contributed by atoms with E-state index >= 15 is 0 Å². The van der Waals surface area contributed by atoms with Crippen molar-refractivity contribution in [2.24, 2.45) is 0 Å². The summed E-state index contributed by atoms with van der Waals surface area (Å²) in [5.41, 5.74) is 0.943. The summed E-state index contributed by atoms with van der Waals surface area (Å²) in [5.74, 6) is 1.46. The molecule has 2 saturated heterocycles. The van der Waals surface area contributed by atoms with Crippen LogP contribution in [0.1, 0.15) is 12.8 Å². The second-order valence-electron chi connectivity index (χ2n) is 7.85. The third-order valence-corrected chi connectivity index (χ3v) is 18.7. The SMILES string of the molecule is c1ccc([P+]2(c3ccccc3)C[C@H]3CCC[P+]3(c3ccccc3)C2)cc1. The highest BCUT2D eigenvalue weighted by molar-refractivity contribution is 8.05. The van der Waals surface area contributed by atoms with Crippen LogP contribution in [0.5, 0.6) is 0 Å². The summed E-state index contributed by atoms with van der Waals surface area (Å²) in [6, 6.07) is 34.6. The number of benzene rings is 3. The minimum absolute atomic E-state index is 0.943. The predicted octanol–water partition coefficient (Wildman–Crippen LogP) is 5.13. The van der Waals surface area contributed by atoms with Crippen molar-refractivity contribution in [3.05, 3.63) is 91.0 Å². The van der Waals surface area contributed by atoms with Crippen LogP contribution < -0.4 is 15.9 Å². The lowest BCUT2D eigenvalue weighted by atomic mass is 10.3. The Bertz CT molecular complexity index is 836. The third kappa shape index (κ3) is 2.51. The Morgan fingerprint density at radius 3 is 1.65 bits per heavy atom. The van der Waals surface area contributed by atoms with Crippen molar-refractivity contribution in [1.82, 2.24) is 0 Å². The minimum Gasteiger partial charge on any atom is -0.0620 e. The van der Waals surface area contributed by atoms with E-state index in [1.165, 1.54) is 31.1 Å². The lowest BCUT2D eigenvalue weighted by Crippen LogP contribution is -2.25. The van der Waals surface area contributed by atoms with Crippen LogP contribution in [0.25, 0.3) is 0 Å². The standard InChI is InChI=1S/C24H26P2/c1-4-11-21(12-5-1)25-18-10-17-24(25)19-26(20-25,22-13-6-2-7-14-22)23-15-8-3-9-16-23/h1-9,11-16,24H,10,17-20H2/q+2/t24-,25?/m1/s1. The molecule has 2 aliphatic rings. The number of hydrogen-bond acceptors (Lipinski definition) is 0. The van der Waals surface area contributed by atoms with Crippen LogP contribution in [-0.4, -0.2) is 23.9 Å². The topological polar surface area (TPSA) is 0 Å². The second kappa shape index (κ2) is 6.60. The van der Waals surface area contributed by atoms with Gasteiger partial charge in [-0.2, -0.15) is 0 Å². The van der Waals surface area contributed by atoms with Crippen LogP contribution in [0.4, 0.5) is 0 Å². The summed E-state index contributed by atoms with van der Waals surface area (Å²) in [6.07, 6.45) is 5.80. The molecule has 3 aromatic carbocycles. The van der Waals surface area contributed by atoms with Gasteiger partial charge in [-0.25, -0.2) is 0 Å². The summed E-state index contributed by atoms with van der Waals surface area (Å²) in [5, 5.41) is 4.98. The highest BCUT2D eigenvalue weighted by Gasteiger charge is 2.69. The second-order valence-corrected chi connectivity index (χ2v) is 16.1. The van der Waals surface area contributed by atoms with Gasteiger partial charge in [-0.15, -0.1) is 0 Å². The molecule has 1 unspecified atom stereocenters. The molecule has 0 spiro atoms. The fourth-order valence-corrected chi connectivity index (χ4v) is 21.2. The van der Waals surface area contributed by atoms with Crippen molar-refractivity contribution in [1.29, 1.82) is 0 Å². The van der Waals surface area contributed by atoms with Crippen LogP contribution in [-0.2, 0) is 0 Å². The molecule has 2 aliphatic heterocycles. The molecular formula is C24H26P2+2. The van der Waals surface area contributed by atoms with Crippen LogP contribution in [0.2, 0.25) is 0 Å². The van der Waals surface area contributed by atoms with Crippen molar-refractivity contribution in [3.63, 3.8) is 0 Å². The molecule has 2 heterocycles. The molecule has 0 nitrogen and oxygen atoms in total. The molecule has 2 atom stereocenters. The van der Waals surface area contributed by atoms with Crippen LogP contribution >= 0.6 is 14.5 Å². The molecule has 0 saturated carbocycles. The van der Waals surface area contributed by atoms with Gasteiger partial charge in [0.15, 0.2) is 5.90 Å². The Labute approximate surface area is 158 Å². The Kier molecular flexibility index (Phi) is 4.23. The fraction of sp³-hybridized carbons (Fsp3) is 0.250. The molecule has 2 fully saturated rings. The molecule has 0 radical (unpaired) electrons. The van der Waals surface area contributed by atoms with Gasteiger partial charge in [0.2, 0.25) is 0 Å². The summed E-state index contributed by atoms with van der Waals surface area (Å²) in [7, 11) is -2.37. The van der Waals surface area contributed by atoms with Gasteiger partial charge < -0.3 is 0 Å². The zero-order valence-corrected chi connectivity index (χ0v) is 17.0. The first-order valence-corrected chi connectivity index (χ1v) is 14.1. The van der Waals surface area contributed by atoms with Crippen molar-refractivity contribution < 1.29 is 0 Å². The van der Waals surface area contributed by atoms with Gasteiger partial charge >= 0.3 is 0 Å². The van der Waals surface area contributed by atoms with Crippen LogP contribution in [0.15, 0.2) is 91.0 Å². The van der Waals surface area contributed by atoms with E-state index in [2.05, 4.69) is 91.0 Å². The average Bonchev–Trinajstić information content (AvgIpc) is 3.27. The maximum Gasteiger partial charge on any atom is 0.174 e. The lowest BCUT2D eigenvalue weighted by Gasteiger charge is -2.23. The highest BCUT2D eigenvalue weighted by Crippen LogP contribution is 2.85. The summed E-state index contributed by atoms with van der Waals surface area (Å²) in [4.78, 5) is 0. The Hall–Kier alpha value is -1.48. The zero-order chi connectivity index (χ0) is 17.5. The van der Waals surface area contributed by atoms with E-state index in [-0.39, 0.29) is 0 Å². The van der Waals surface area contributed by atoms with Gasteiger partial charge in [0.25, 0.3) is 0 Å². The van der Waals surface area contributed by atoms with Crippen molar-refractivity contribution in [2.45, 2.75) is 18.5 Å². The molecule has 0 N–H and O–H groups in total. The predicted molar refractivity (Wildman–Crippen MR) is 120 cm³/mol. The molecule has 5 rings (SSSR count). The molecule has 130 valence electrons. The van der Waals surface area contributed by atoms with Crippen molar-refractivity contribution in [2.75, 3.05) is 18.2 Å². The van der Waals surface area contributed by atoms with Gasteiger partial charge in [0, 0.05) is 0 Å². The maximum absolute atomic E-state index is 2.45. The van der Waals surface area contributed by atoms with Gasteiger partial charge in [0.05, 0.1) is 18.7 Å². The zero-order valence-electron chi connectivity index (χ0n) is 15.2. The first kappa shape index (κ1) is 16.7. The molecule has 3 aromatic rings. The number of hydrogen-bond donors (Lipinski definition) is 0. The van der Waals surface area contributed by atoms with Crippen molar-refractivity contribution in [3.8, 4) is 0 Å². The largest absolute Gasteiger partial charge is 0.174 e. The molecule has 0 aliphatic carbocycles. The van der Waals surface area contributed by atoms with E-state index < -0.39 is 14.5 Å². The highest BCUT2D eigenvalue weighted by atomic mass is 31.2. The number of rotatable bonds is 3. The minimum atomic E-state index is -1.31. The quantitative estimate of drug-likeness (QED) is 0.556. The molecule has 26 heavy (non-hydrogen) atoms. The summed E-state index contributed by atoms with van der Waals surface area (Å²) >= 11 is 0. The van der Waals surface area contributed by atoms with Gasteiger partial charge in [-0.3, -0.25) is 0 Å². The van der Waals surface area contributed by atoms with E-state index in [1.807, 2.05) is 0 Å². The fourth-order valence-electron chi connectivity index (χ4n) is 5.42. The summed E-state index contributed by atoms with van der Waals surface area (Å²) < 4.78 is 0. The van der Waals surface area contributed by atoms with E-state index in [1.54, 1.807) is 15.9 Å². The van der Waals surface area contributed by atoms with Gasteiger partial charge in [0.1, 0.15) is 29.7 Å². The molecule has 0 amide bonds. The van der Waals surface area contributed by atoms with E-state index in [0.717, 1.165) is 5.66 Å². The summed E-state index contributed by atoms with van der Waals surface area (Å²) in [6.45, 7) is 0. The monoisotopic (exact) mass is 376 g/mol. The smallest absolute Gasteiger partial charge is 0.0620 e. The van der Waals surface area contributed by atoms with Crippen molar-refractivity contribution >= 4 is 30.4 Å². The lowest BCUT2D eigenvalue weighted by molar-refractivity contribution is 0.841. The molecule has 0 bridgehead atoms. The molecule has 0 aromatic heterocycles. The van der Waals surface area contributed by atoms with E-state index in [4.69, 9.17) is 0 Å². The third-order valence-electron chi connectivity index (χ3n) is 6.58.